The van der Waals surface area contributed by atoms with Crippen molar-refractivity contribution in [2.24, 2.45) is 0 Å². The Morgan fingerprint density at radius 1 is 1.18 bits per heavy atom. The number of nitrogens with one attached hydrogen (secondary N) is 1. The summed E-state index contributed by atoms with van der Waals surface area (Å²) in [5.41, 5.74) is 1.40. The van der Waals surface area contributed by atoms with E-state index in [9.17, 15) is 9.59 Å². The molecule has 0 aromatic heterocycles. The molecule has 2 rings (SSSR count). The Bertz CT molecular complexity index is 655. The molecule has 22 heavy (non-hydrogen) atoms. The maximum Gasteiger partial charge on any atom is 0.258 e. The van der Waals surface area contributed by atoms with Gasteiger partial charge in [0.2, 0.25) is 0 Å². The minimum Gasteiger partial charge on any atom is -0.496 e. The second-order valence-electron chi connectivity index (χ2n) is 4.57. The van der Waals surface area contributed by atoms with Gasteiger partial charge in [-0.15, -0.1) is 0 Å². The lowest BCUT2D eigenvalue weighted by atomic mass is 10.2. The van der Waals surface area contributed by atoms with E-state index in [0.29, 0.717) is 17.9 Å². The molecule has 0 saturated heterocycles. The van der Waals surface area contributed by atoms with Crippen LogP contribution in [0.25, 0.3) is 0 Å². The summed E-state index contributed by atoms with van der Waals surface area (Å²) in [5, 5.41) is 2.76. The van der Waals surface area contributed by atoms with Crippen LogP contribution in [-0.4, -0.2) is 25.9 Å². The van der Waals surface area contributed by atoms with E-state index in [2.05, 4.69) is 5.32 Å². The summed E-state index contributed by atoms with van der Waals surface area (Å²) in [6, 6.07) is 14.1. The maximum absolute atomic E-state index is 11.8. The lowest BCUT2D eigenvalue weighted by Crippen LogP contribution is -2.28. The highest BCUT2D eigenvalue weighted by molar-refractivity contribution is 5.78. The summed E-state index contributed by atoms with van der Waals surface area (Å²) in [5.74, 6) is 0.960. The van der Waals surface area contributed by atoms with E-state index < -0.39 is 0 Å². The molecule has 1 amide bonds. The Morgan fingerprint density at radius 2 is 2.00 bits per heavy atom. The lowest BCUT2D eigenvalue weighted by molar-refractivity contribution is -0.123. The summed E-state index contributed by atoms with van der Waals surface area (Å²) in [6.45, 7) is 0.248. The van der Waals surface area contributed by atoms with Crippen LogP contribution in [0, 0.1) is 0 Å². The van der Waals surface area contributed by atoms with E-state index in [4.69, 9.17) is 9.47 Å². The summed E-state index contributed by atoms with van der Waals surface area (Å²) >= 11 is 0. The number of carbonyl (C=O) groups is 2. The number of rotatable bonds is 7. The van der Waals surface area contributed by atoms with Crippen LogP contribution in [0.3, 0.4) is 0 Å². The third kappa shape index (κ3) is 4.34. The van der Waals surface area contributed by atoms with Gasteiger partial charge in [-0.05, 0) is 18.2 Å². The highest BCUT2D eigenvalue weighted by Crippen LogP contribution is 2.16. The maximum atomic E-state index is 11.8. The Kier molecular flexibility index (Phi) is 5.54. The van der Waals surface area contributed by atoms with Crippen LogP contribution in [0.4, 0.5) is 0 Å². The molecule has 0 unspecified atom stereocenters. The van der Waals surface area contributed by atoms with Crippen molar-refractivity contribution < 1.29 is 19.1 Å². The molecule has 0 aliphatic rings. The fourth-order valence-corrected chi connectivity index (χ4v) is 1.92. The van der Waals surface area contributed by atoms with Crippen molar-refractivity contribution in [3.05, 3.63) is 59.7 Å². The van der Waals surface area contributed by atoms with Gasteiger partial charge in [-0.1, -0.05) is 30.3 Å². The first-order chi connectivity index (χ1) is 10.7. The smallest absolute Gasteiger partial charge is 0.258 e. The Balaban J connectivity index is 1.84. The second kappa shape index (κ2) is 7.83. The van der Waals surface area contributed by atoms with Crippen molar-refractivity contribution in [3.63, 3.8) is 0 Å². The van der Waals surface area contributed by atoms with Crippen LogP contribution in [0.5, 0.6) is 11.5 Å². The predicted octanol–water partition coefficient (Wildman–Crippen LogP) is 2.20. The van der Waals surface area contributed by atoms with Gasteiger partial charge in [0.25, 0.3) is 5.91 Å². The first-order valence-electron chi connectivity index (χ1n) is 6.79. The Morgan fingerprint density at radius 3 is 2.77 bits per heavy atom. The molecule has 5 nitrogen and oxygen atoms in total. The number of carbonyl (C=O) groups excluding carboxylic acids is 2. The third-order valence-corrected chi connectivity index (χ3v) is 3.03. The Labute approximate surface area is 128 Å². The predicted molar refractivity (Wildman–Crippen MR) is 82.2 cm³/mol. The summed E-state index contributed by atoms with van der Waals surface area (Å²) < 4.78 is 10.6. The fourth-order valence-electron chi connectivity index (χ4n) is 1.92. The second-order valence-corrected chi connectivity index (χ2v) is 4.57. The minimum atomic E-state index is -0.248. The van der Waals surface area contributed by atoms with E-state index in [1.807, 2.05) is 24.3 Å². The standard InChI is InChI=1S/C17H17NO4/c1-21-16-8-3-2-6-14(16)10-18-17(20)12-22-15-7-4-5-13(9-15)11-19/h2-9,11H,10,12H2,1H3,(H,18,20). The highest BCUT2D eigenvalue weighted by atomic mass is 16.5. The molecule has 0 aliphatic carbocycles. The average molecular weight is 299 g/mol. The number of aldehydes is 1. The van der Waals surface area contributed by atoms with Gasteiger partial charge in [0, 0.05) is 17.7 Å². The van der Waals surface area contributed by atoms with Gasteiger partial charge in [-0.2, -0.15) is 0 Å². The number of hydrogen-bond acceptors (Lipinski definition) is 4. The van der Waals surface area contributed by atoms with Crippen LogP contribution >= 0.6 is 0 Å². The lowest BCUT2D eigenvalue weighted by Gasteiger charge is -2.10. The van der Waals surface area contributed by atoms with Gasteiger partial charge < -0.3 is 14.8 Å². The van der Waals surface area contributed by atoms with Crippen LogP contribution in [0.1, 0.15) is 15.9 Å². The topological polar surface area (TPSA) is 64.6 Å². The molecule has 0 aliphatic heterocycles. The molecule has 0 bridgehead atoms. The van der Waals surface area contributed by atoms with Crippen molar-refractivity contribution in [2.45, 2.75) is 6.54 Å². The largest absolute Gasteiger partial charge is 0.496 e. The summed E-state index contributed by atoms with van der Waals surface area (Å²) in [7, 11) is 1.59. The van der Waals surface area contributed by atoms with Crippen molar-refractivity contribution in [3.8, 4) is 11.5 Å². The molecule has 1 N–H and O–H groups in total. The summed E-state index contributed by atoms with van der Waals surface area (Å²) in [6.07, 6.45) is 0.731. The zero-order valence-corrected chi connectivity index (χ0v) is 12.2. The van der Waals surface area contributed by atoms with Crippen LogP contribution in [-0.2, 0) is 11.3 Å². The first-order valence-corrected chi connectivity index (χ1v) is 6.79. The van der Waals surface area contributed by atoms with Gasteiger partial charge in [0.15, 0.2) is 6.61 Å². The number of amides is 1. The van der Waals surface area contributed by atoms with E-state index in [0.717, 1.165) is 17.6 Å². The molecule has 114 valence electrons. The molecule has 0 fully saturated rings. The van der Waals surface area contributed by atoms with Crippen LogP contribution < -0.4 is 14.8 Å². The molecular formula is C17H17NO4. The van der Waals surface area contributed by atoms with Gasteiger partial charge in [-0.3, -0.25) is 9.59 Å². The van der Waals surface area contributed by atoms with Crippen molar-refractivity contribution in [1.29, 1.82) is 0 Å². The van der Waals surface area contributed by atoms with Crippen molar-refractivity contribution in [1.82, 2.24) is 5.32 Å². The van der Waals surface area contributed by atoms with Gasteiger partial charge in [0.1, 0.15) is 17.8 Å². The Hall–Kier alpha value is -2.82. The molecule has 2 aromatic carbocycles. The molecule has 5 heteroatoms. The quantitative estimate of drug-likeness (QED) is 0.796. The zero-order valence-electron chi connectivity index (χ0n) is 12.2. The van der Waals surface area contributed by atoms with E-state index in [1.54, 1.807) is 31.4 Å². The number of benzene rings is 2. The number of hydrogen-bond donors (Lipinski definition) is 1. The molecule has 0 atom stereocenters. The SMILES string of the molecule is COc1ccccc1CNC(=O)COc1cccc(C=O)c1. The molecule has 0 heterocycles. The van der Waals surface area contributed by atoms with E-state index in [-0.39, 0.29) is 12.5 Å². The van der Waals surface area contributed by atoms with E-state index in [1.165, 1.54) is 0 Å². The monoisotopic (exact) mass is 299 g/mol. The molecule has 2 aromatic rings. The number of methoxy groups -OCH3 is 1. The highest BCUT2D eigenvalue weighted by Gasteiger charge is 2.06. The average Bonchev–Trinajstić information content (AvgIpc) is 2.58. The van der Waals surface area contributed by atoms with Crippen LogP contribution in [0.2, 0.25) is 0 Å². The normalized spacial score (nSPS) is 9.86. The van der Waals surface area contributed by atoms with Gasteiger partial charge in [0.05, 0.1) is 7.11 Å². The first kappa shape index (κ1) is 15.6. The third-order valence-electron chi connectivity index (χ3n) is 3.03. The molecular weight excluding hydrogens is 282 g/mol. The van der Waals surface area contributed by atoms with Crippen molar-refractivity contribution >= 4 is 12.2 Å². The zero-order chi connectivity index (χ0) is 15.8. The minimum absolute atomic E-state index is 0.114. The van der Waals surface area contributed by atoms with Gasteiger partial charge in [-0.25, -0.2) is 0 Å². The summed E-state index contributed by atoms with van der Waals surface area (Å²) in [4.78, 5) is 22.5. The molecule has 0 saturated carbocycles. The van der Waals surface area contributed by atoms with Gasteiger partial charge >= 0.3 is 0 Å². The van der Waals surface area contributed by atoms with Crippen LogP contribution in [0.15, 0.2) is 48.5 Å². The fraction of sp³-hybridized carbons (Fsp3) is 0.176. The van der Waals surface area contributed by atoms with Crippen molar-refractivity contribution in [2.75, 3.05) is 13.7 Å². The number of para-hydroxylation sites is 1. The van der Waals surface area contributed by atoms with E-state index >= 15 is 0 Å². The number of ether oxygens (including phenoxy) is 2. The molecule has 0 radical (unpaired) electrons. The molecule has 0 spiro atoms.